The van der Waals surface area contributed by atoms with E-state index in [0.717, 1.165) is 43.0 Å². The summed E-state index contributed by atoms with van der Waals surface area (Å²) in [4.78, 5) is 25.1. The Hall–Kier alpha value is -1.86. The maximum absolute atomic E-state index is 13.3. The number of aromatic nitrogens is 2. The number of carbonyl (C=O) groups excluding carboxylic acids is 1. The Balaban J connectivity index is 1.59. The molecule has 5 nitrogen and oxygen atoms in total. The zero-order valence-electron chi connectivity index (χ0n) is 14.6. The molecule has 0 saturated carbocycles. The van der Waals surface area contributed by atoms with Crippen molar-refractivity contribution in [2.45, 2.75) is 32.7 Å². The van der Waals surface area contributed by atoms with Crippen LogP contribution in [0.3, 0.4) is 0 Å². The number of amides is 1. The third-order valence-electron chi connectivity index (χ3n) is 4.35. The number of nitrogens with zero attached hydrogens (tertiary/aromatic N) is 4. The van der Waals surface area contributed by atoms with Gasteiger partial charge in [-0.2, -0.15) is 0 Å². The highest BCUT2D eigenvalue weighted by Crippen LogP contribution is 2.20. The van der Waals surface area contributed by atoms with E-state index >= 15 is 0 Å². The maximum atomic E-state index is 13.3. The molecule has 0 unspecified atom stereocenters. The average Bonchev–Trinajstić information content (AvgIpc) is 2.93. The second kappa shape index (κ2) is 8.01. The fourth-order valence-electron chi connectivity index (χ4n) is 2.90. The van der Waals surface area contributed by atoms with Gasteiger partial charge in [-0.25, -0.2) is 9.37 Å². The first-order chi connectivity index (χ1) is 12.0. The summed E-state index contributed by atoms with van der Waals surface area (Å²) in [6, 6.07) is 1.25. The van der Waals surface area contributed by atoms with Gasteiger partial charge in [-0.3, -0.25) is 14.7 Å². The minimum Gasteiger partial charge on any atom is -0.337 e. The molecule has 0 aromatic carbocycles. The minimum absolute atomic E-state index is 0.148. The van der Waals surface area contributed by atoms with Crippen molar-refractivity contribution in [3.8, 4) is 0 Å². The van der Waals surface area contributed by atoms with E-state index in [2.05, 4.69) is 29.1 Å². The topological polar surface area (TPSA) is 49.3 Å². The lowest BCUT2D eigenvalue weighted by molar-refractivity contribution is 0.0760. The second-order valence-electron chi connectivity index (χ2n) is 6.63. The summed E-state index contributed by atoms with van der Waals surface area (Å²) in [6.07, 6.45) is 3.44. The Bertz CT molecular complexity index is 733. The molecule has 1 aliphatic rings. The smallest absolute Gasteiger partial charge is 0.255 e. The van der Waals surface area contributed by atoms with Crippen LogP contribution in [0.25, 0.3) is 0 Å². The maximum Gasteiger partial charge on any atom is 0.255 e. The summed E-state index contributed by atoms with van der Waals surface area (Å²) >= 11 is 1.70. The number of hydrogen-bond donors (Lipinski definition) is 0. The first-order valence-corrected chi connectivity index (χ1v) is 9.47. The van der Waals surface area contributed by atoms with Gasteiger partial charge in [0.15, 0.2) is 0 Å². The Kier molecular flexibility index (Phi) is 5.75. The van der Waals surface area contributed by atoms with Gasteiger partial charge in [-0.1, -0.05) is 13.8 Å². The first kappa shape index (κ1) is 17.9. The number of pyridine rings is 1. The van der Waals surface area contributed by atoms with Crippen molar-refractivity contribution in [1.82, 2.24) is 19.8 Å². The highest BCUT2D eigenvalue weighted by molar-refractivity contribution is 7.09. The zero-order valence-corrected chi connectivity index (χ0v) is 15.4. The minimum atomic E-state index is -0.480. The molecule has 0 spiro atoms. The molecule has 0 aliphatic carbocycles. The van der Waals surface area contributed by atoms with E-state index in [1.807, 2.05) is 0 Å². The normalized spacial score (nSPS) is 16.2. The van der Waals surface area contributed by atoms with E-state index in [-0.39, 0.29) is 5.91 Å². The average molecular weight is 362 g/mol. The van der Waals surface area contributed by atoms with Crippen LogP contribution in [0.15, 0.2) is 23.8 Å². The molecule has 1 saturated heterocycles. The molecule has 0 N–H and O–H groups in total. The van der Waals surface area contributed by atoms with Crippen LogP contribution in [0.2, 0.25) is 0 Å². The van der Waals surface area contributed by atoms with Crippen LogP contribution in [-0.2, 0) is 6.54 Å². The van der Waals surface area contributed by atoms with Crippen molar-refractivity contribution in [3.63, 3.8) is 0 Å². The van der Waals surface area contributed by atoms with Gasteiger partial charge in [0.2, 0.25) is 0 Å². The summed E-state index contributed by atoms with van der Waals surface area (Å²) in [5.74, 6) is -0.181. The summed E-state index contributed by atoms with van der Waals surface area (Å²) in [5, 5.41) is 3.25. The van der Waals surface area contributed by atoms with Crippen molar-refractivity contribution >= 4 is 17.2 Å². The summed E-state index contributed by atoms with van der Waals surface area (Å²) in [5.41, 5.74) is 1.46. The van der Waals surface area contributed by atoms with Gasteiger partial charge >= 0.3 is 0 Å². The van der Waals surface area contributed by atoms with Crippen LogP contribution in [-0.4, -0.2) is 51.9 Å². The highest BCUT2D eigenvalue weighted by atomic mass is 32.1. The summed E-state index contributed by atoms with van der Waals surface area (Å²) in [6.45, 7) is 8.16. The Morgan fingerprint density at radius 1 is 1.28 bits per heavy atom. The van der Waals surface area contributed by atoms with Crippen LogP contribution in [0.4, 0.5) is 4.39 Å². The van der Waals surface area contributed by atoms with Crippen LogP contribution in [0, 0.1) is 5.82 Å². The molecule has 0 radical (unpaired) electrons. The van der Waals surface area contributed by atoms with Crippen molar-refractivity contribution in [2.75, 3.05) is 26.2 Å². The first-order valence-electron chi connectivity index (χ1n) is 8.59. The van der Waals surface area contributed by atoms with Crippen molar-refractivity contribution in [2.24, 2.45) is 0 Å². The van der Waals surface area contributed by atoms with Crippen LogP contribution >= 0.6 is 11.3 Å². The molecular formula is C18H23FN4OS. The van der Waals surface area contributed by atoms with E-state index in [1.54, 1.807) is 16.2 Å². The number of halogens is 1. The predicted octanol–water partition coefficient (Wildman–Crippen LogP) is 3.15. The van der Waals surface area contributed by atoms with E-state index in [0.29, 0.717) is 24.6 Å². The van der Waals surface area contributed by atoms with Gasteiger partial charge in [0.1, 0.15) is 10.8 Å². The standard InChI is InChI=1S/C18H23FN4OS/c1-13(2)16-12-25-17(21-16)11-22-4-3-5-23(7-6-22)18(24)14-8-15(19)10-20-9-14/h8-10,12-13H,3-7,11H2,1-2H3. The van der Waals surface area contributed by atoms with Crippen molar-refractivity contribution in [1.29, 1.82) is 0 Å². The van der Waals surface area contributed by atoms with Crippen molar-refractivity contribution in [3.05, 3.63) is 45.9 Å². The van der Waals surface area contributed by atoms with Crippen LogP contribution in [0.1, 0.15) is 47.2 Å². The molecule has 3 heterocycles. The lowest BCUT2D eigenvalue weighted by Gasteiger charge is -2.21. The lowest BCUT2D eigenvalue weighted by atomic mass is 10.2. The SMILES string of the molecule is CC(C)c1csc(CN2CCCN(C(=O)c3cncc(F)c3)CC2)n1. The van der Waals surface area contributed by atoms with Gasteiger partial charge in [-0.05, 0) is 18.4 Å². The Labute approximate surface area is 151 Å². The number of hydrogen-bond acceptors (Lipinski definition) is 5. The molecular weight excluding hydrogens is 339 g/mol. The van der Waals surface area contributed by atoms with E-state index in [1.165, 1.54) is 12.3 Å². The van der Waals surface area contributed by atoms with Gasteiger partial charge in [0, 0.05) is 37.8 Å². The van der Waals surface area contributed by atoms with Gasteiger partial charge in [0.25, 0.3) is 5.91 Å². The molecule has 7 heteroatoms. The number of rotatable bonds is 4. The molecule has 1 aliphatic heterocycles. The highest BCUT2D eigenvalue weighted by Gasteiger charge is 2.21. The van der Waals surface area contributed by atoms with Gasteiger partial charge in [-0.15, -0.1) is 11.3 Å². The fourth-order valence-corrected chi connectivity index (χ4v) is 3.89. The van der Waals surface area contributed by atoms with Crippen LogP contribution < -0.4 is 0 Å². The Morgan fingerprint density at radius 2 is 2.12 bits per heavy atom. The molecule has 2 aromatic rings. The molecule has 134 valence electrons. The molecule has 1 amide bonds. The van der Waals surface area contributed by atoms with Gasteiger partial charge in [0.05, 0.1) is 24.0 Å². The number of thiazole rings is 1. The van der Waals surface area contributed by atoms with Crippen LogP contribution in [0.5, 0.6) is 0 Å². The van der Waals surface area contributed by atoms with E-state index in [9.17, 15) is 9.18 Å². The fraction of sp³-hybridized carbons (Fsp3) is 0.500. The second-order valence-corrected chi connectivity index (χ2v) is 7.58. The summed E-state index contributed by atoms with van der Waals surface area (Å²) in [7, 11) is 0. The molecule has 25 heavy (non-hydrogen) atoms. The van der Waals surface area contributed by atoms with Gasteiger partial charge < -0.3 is 4.90 Å². The monoisotopic (exact) mass is 362 g/mol. The predicted molar refractivity (Wildman–Crippen MR) is 96.2 cm³/mol. The number of carbonyl (C=O) groups is 1. The molecule has 1 fully saturated rings. The van der Waals surface area contributed by atoms with Crippen molar-refractivity contribution < 1.29 is 9.18 Å². The third kappa shape index (κ3) is 4.61. The quantitative estimate of drug-likeness (QED) is 0.838. The molecule has 2 aromatic heterocycles. The molecule has 0 atom stereocenters. The van der Waals surface area contributed by atoms with E-state index < -0.39 is 5.82 Å². The largest absolute Gasteiger partial charge is 0.337 e. The summed E-state index contributed by atoms with van der Waals surface area (Å²) < 4.78 is 13.3. The lowest BCUT2D eigenvalue weighted by Crippen LogP contribution is -2.35. The zero-order chi connectivity index (χ0) is 17.8. The molecule has 3 rings (SSSR count). The molecule has 0 bridgehead atoms. The van der Waals surface area contributed by atoms with E-state index in [4.69, 9.17) is 4.98 Å². The Morgan fingerprint density at radius 3 is 2.84 bits per heavy atom. The third-order valence-corrected chi connectivity index (χ3v) is 5.20.